The van der Waals surface area contributed by atoms with Crippen LogP contribution in [-0.4, -0.2) is 24.2 Å². The highest BCUT2D eigenvalue weighted by Gasteiger charge is 2.41. The van der Waals surface area contributed by atoms with Crippen molar-refractivity contribution in [2.24, 2.45) is 23.3 Å². The highest BCUT2D eigenvalue weighted by Crippen LogP contribution is 2.39. The van der Waals surface area contributed by atoms with Crippen molar-refractivity contribution < 1.29 is 0 Å². The number of rotatable bonds is 0. The minimum absolute atomic E-state index is 0.433. The van der Waals surface area contributed by atoms with Gasteiger partial charge in [0.15, 0.2) is 0 Å². The van der Waals surface area contributed by atoms with E-state index in [1.165, 1.54) is 44.9 Å². The lowest BCUT2D eigenvalue weighted by Crippen LogP contribution is -2.58. The number of hydrogen-bond acceptors (Lipinski definition) is 3. The van der Waals surface area contributed by atoms with Gasteiger partial charge in [-0.2, -0.15) is 0 Å². The molecule has 0 bridgehead atoms. The van der Waals surface area contributed by atoms with Crippen LogP contribution in [0.15, 0.2) is 0 Å². The number of hydrogen-bond donors (Lipinski definition) is 3. The Morgan fingerprint density at radius 1 is 0.688 bits per heavy atom. The Hall–Kier alpha value is -0.120. The Kier molecular flexibility index (Phi) is 2.94. The third kappa shape index (κ3) is 2.01. The molecule has 92 valence electrons. The fourth-order valence-corrected chi connectivity index (χ4v) is 4.17. The van der Waals surface area contributed by atoms with Gasteiger partial charge in [-0.1, -0.05) is 0 Å². The number of nitrogens with two attached hydrogens (primary N) is 2. The molecule has 0 aromatic carbocycles. The van der Waals surface area contributed by atoms with Crippen LogP contribution in [0.5, 0.6) is 0 Å². The molecular formula is C13H25N3. The summed E-state index contributed by atoms with van der Waals surface area (Å²) in [6.07, 6.45) is 8.95. The second kappa shape index (κ2) is 4.28. The Morgan fingerprint density at radius 3 is 1.69 bits per heavy atom. The van der Waals surface area contributed by atoms with E-state index in [9.17, 15) is 0 Å². The van der Waals surface area contributed by atoms with Gasteiger partial charge in [0.05, 0.1) is 0 Å². The highest BCUT2D eigenvalue weighted by molar-refractivity contribution is 4.99. The Labute approximate surface area is 98.3 Å². The summed E-state index contributed by atoms with van der Waals surface area (Å²) in [7, 11) is 0. The first-order valence-corrected chi connectivity index (χ1v) is 6.99. The minimum Gasteiger partial charge on any atom is -0.328 e. The van der Waals surface area contributed by atoms with E-state index < -0.39 is 0 Å². The lowest BCUT2D eigenvalue weighted by atomic mass is 9.68. The molecule has 3 heteroatoms. The SMILES string of the molecule is NC1CC[C@@H]2C[C@@H]3CCC(N)CC3NC2C1. The van der Waals surface area contributed by atoms with Crippen LogP contribution in [0.25, 0.3) is 0 Å². The van der Waals surface area contributed by atoms with Gasteiger partial charge < -0.3 is 16.8 Å². The number of piperidine rings is 1. The van der Waals surface area contributed by atoms with Crippen molar-refractivity contribution >= 4 is 0 Å². The maximum absolute atomic E-state index is 6.07. The van der Waals surface area contributed by atoms with Crippen molar-refractivity contribution in [3.63, 3.8) is 0 Å². The van der Waals surface area contributed by atoms with Crippen LogP contribution in [0.2, 0.25) is 0 Å². The Bertz CT molecular complexity index is 232. The summed E-state index contributed by atoms with van der Waals surface area (Å²) in [6.45, 7) is 0. The van der Waals surface area contributed by atoms with E-state index in [0.29, 0.717) is 24.2 Å². The van der Waals surface area contributed by atoms with Crippen molar-refractivity contribution in [3.8, 4) is 0 Å². The fraction of sp³-hybridized carbons (Fsp3) is 1.00. The summed E-state index contributed by atoms with van der Waals surface area (Å²) in [5.74, 6) is 1.80. The van der Waals surface area contributed by atoms with Crippen molar-refractivity contribution in [1.29, 1.82) is 0 Å². The molecular weight excluding hydrogens is 198 g/mol. The summed E-state index contributed by atoms with van der Waals surface area (Å²) in [6, 6.07) is 2.25. The molecule has 0 spiro atoms. The molecule has 3 rings (SSSR count). The van der Waals surface area contributed by atoms with Crippen LogP contribution in [-0.2, 0) is 0 Å². The summed E-state index contributed by atoms with van der Waals surface area (Å²) in [5, 5.41) is 3.86. The van der Waals surface area contributed by atoms with Gasteiger partial charge in [-0.15, -0.1) is 0 Å². The average molecular weight is 223 g/mol. The van der Waals surface area contributed by atoms with Gasteiger partial charge in [0.25, 0.3) is 0 Å². The summed E-state index contributed by atoms with van der Waals surface area (Å²) in [4.78, 5) is 0. The summed E-state index contributed by atoms with van der Waals surface area (Å²) >= 11 is 0. The number of nitrogens with one attached hydrogen (secondary N) is 1. The smallest absolute Gasteiger partial charge is 0.0113 e. The molecule has 2 saturated carbocycles. The lowest BCUT2D eigenvalue weighted by molar-refractivity contribution is 0.0839. The van der Waals surface area contributed by atoms with Crippen LogP contribution >= 0.6 is 0 Å². The second-order valence-corrected chi connectivity index (χ2v) is 6.28. The maximum Gasteiger partial charge on any atom is 0.0113 e. The van der Waals surface area contributed by atoms with E-state index in [4.69, 9.17) is 11.5 Å². The second-order valence-electron chi connectivity index (χ2n) is 6.28. The van der Waals surface area contributed by atoms with E-state index in [2.05, 4.69) is 5.32 Å². The van der Waals surface area contributed by atoms with Gasteiger partial charge >= 0.3 is 0 Å². The largest absolute Gasteiger partial charge is 0.328 e. The first-order valence-electron chi connectivity index (χ1n) is 6.99. The predicted molar refractivity (Wildman–Crippen MR) is 66.0 cm³/mol. The third-order valence-electron chi connectivity index (χ3n) is 5.10. The van der Waals surface area contributed by atoms with Gasteiger partial charge in [0, 0.05) is 24.2 Å². The van der Waals surface area contributed by atoms with Crippen molar-refractivity contribution in [3.05, 3.63) is 0 Å². The summed E-state index contributed by atoms with van der Waals surface area (Å²) < 4.78 is 0. The first-order chi connectivity index (χ1) is 7.72. The molecule has 0 aromatic heterocycles. The summed E-state index contributed by atoms with van der Waals surface area (Å²) in [5.41, 5.74) is 12.1. The van der Waals surface area contributed by atoms with Crippen molar-refractivity contribution in [1.82, 2.24) is 5.32 Å². The zero-order chi connectivity index (χ0) is 11.1. The van der Waals surface area contributed by atoms with E-state index in [-0.39, 0.29) is 0 Å². The number of fused-ring (bicyclic) bond motifs is 2. The van der Waals surface area contributed by atoms with Crippen molar-refractivity contribution in [2.45, 2.75) is 69.1 Å². The van der Waals surface area contributed by atoms with E-state index >= 15 is 0 Å². The van der Waals surface area contributed by atoms with Crippen LogP contribution in [0.3, 0.4) is 0 Å². The Balaban J connectivity index is 1.67. The fourth-order valence-electron chi connectivity index (χ4n) is 4.17. The zero-order valence-electron chi connectivity index (χ0n) is 10.1. The molecule has 3 nitrogen and oxygen atoms in total. The molecule has 1 saturated heterocycles. The van der Waals surface area contributed by atoms with Crippen molar-refractivity contribution in [2.75, 3.05) is 0 Å². The first kappa shape index (κ1) is 11.0. The molecule has 1 heterocycles. The molecule has 1 aliphatic heterocycles. The van der Waals surface area contributed by atoms with Gasteiger partial charge in [-0.05, 0) is 56.8 Å². The topological polar surface area (TPSA) is 64.1 Å². The molecule has 6 atom stereocenters. The molecule has 4 unspecified atom stereocenters. The average Bonchev–Trinajstić information content (AvgIpc) is 2.26. The monoisotopic (exact) mass is 223 g/mol. The predicted octanol–water partition coefficient (Wildman–Crippen LogP) is 0.972. The molecule has 0 aromatic rings. The van der Waals surface area contributed by atoms with Crippen LogP contribution in [0.4, 0.5) is 0 Å². The third-order valence-corrected chi connectivity index (χ3v) is 5.10. The zero-order valence-corrected chi connectivity index (χ0v) is 10.1. The normalized spacial score (nSPS) is 52.9. The van der Waals surface area contributed by atoms with Crippen LogP contribution in [0.1, 0.15) is 44.9 Å². The molecule has 16 heavy (non-hydrogen) atoms. The standard InChI is InChI=1S/C13H25N3/c14-10-3-1-8-5-9-2-4-11(15)7-13(9)16-12(8)6-10/h8-13,16H,1-7,14-15H2/t8-,9+,10?,11?,12?,13?. The minimum atomic E-state index is 0.433. The molecule has 2 aliphatic carbocycles. The van der Waals surface area contributed by atoms with Crippen LogP contribution in [0, 0.1) is 11.8 Å². The molecule has 3 aliphatic rings. The highest BCUT2D eigenvalue weighted by atomic mass is 15.0. The molecule has 0 amide bonds. The van der Waals surface area contributed by atoms with Crippen LogP contribution < -0.4 is 16.8 Å². The lowest BCUT2D eigenvalue weighted by Gasteiger charge is -2.49. The van der Waals surface area contributed by atoms with E-state index in [1.807, 2.05) is 0 Å². The molecule has 5 N–H and O–H groups in total. The van der Waals surface area contributed by atoms with Gasteiger partial charge in [-0.3, -0.25) is 0 Å². The van der Waals surface area contributed by atoms with Gasteiger partial charge in [-0.25, -0.2) is 0 Å². The van der Waals surface area contributed by atoms with Gasteiger partial charge in [0.2, 0.25) is 0 Å². The van der Waals surface area contributed by atoms with E-state index in [0.717, 1.165) is 11.8 Å². The molecule has 0 radical (unpaired) electrons. The van der Waals surface area contributed by atoms with E-state index in [1.54, 1.807) is 0 Å². The maximum atomic E-state index is 6.07. The Morgan fingerprint density at radius 2 is 1.19 bits per heavy atom. The molecule has 3 fully saturated rings. The quantitative estimate of drug-likeness (QED) is 0.573. The van der Waals surface area contributed by atoms with Gasteiger partial charge in [0.1, 0.15) is 0 Å².